The van der Waals surface area contributed by atoms with Crippen molar-refractivity contribution in [3.8, 4) is 11.5 Å². The van der Waals surface area contributed by atoms with Crippen LogP contribution >= 0.6 is 0 Å². The average Bonchev–Trinajstić information content (AvgIpc) is 3.05. The molecule has 0 spiro atoms. The Hall–Kier alpha value is -1.25. The quantitative estimate of drug-likeness (QED) is 0.763. The molecule has 0 amide bonds. The van der Waals surface area contributed by atoms with Crippen molar-refractivity contribution in [3.05, 3.63) is 23.0 Å². The van der Waals surface area contributed by atoms with E-state index in [9.17, 15) is 4.39 Å². The molecule has 0 heterocycles. The molecule has 0 bridgehead atoms. The summed E-state index contributed by atoms with van der Waals surface area (Å²) in [6.45, 7) is 1.79. The van der Waals surface area contributed by atoms with Crippen molar-refractivity contribution in [3.63, 3.8) is 0 Å². The van der Waals surface area contributed by atoms with Crippen molar-refractivity contribution in [1.82, 2.24) is 0 Å². The molecule has 0 atom stereocenters. The summed E-state index contributed by atoms with van der Waals surface area (Å²) in [5.41, 5.74) is 1.67. The van der Waals surface area contributed by atoms with Gasteiger partial charge in [-0.25, -0.2) is 4.39 Å². The summed E-state index contributed by atoms with van der Waals surface area (Å²) >= 11 is 0. The van der Waals surface area contributed by atoms with E-state index >= 15 is 0 Å². The lowest BCUT2D eigenvalue weighted by atomic mass is 10.0. The number of hydrogen-bond acceptors (Lipinski definition) is 2. The topological polar surface area (TPSA) is 18.5 Å². The van der Waals surface area contributed by atoms with Crippen LogP contribution in [0.3, 0.4) is 0 Å². The van der Waals surface area contributed by atoms with Crippen molar-refractivity contribution in [2.24, 2.45) is 0 Å². The fraction of sp³-hybridized carbons (Fsp3) is 0.500. The first-order valence-corrected chi connectivity index (χ1v) is 5.10. The van der Waals surface area contributed by atoms with Crippen molar-refractivity contribution >= 4 is 0 Å². The van der Waals surface area contributed by atoms with Gasteiger partial charge in [0.15, 0.2) is 11.6 Å². The molecule has 0 aromatic heterocycles. The smallest absolute Gasteiger partial charge is 0.168 e. The fourth-order valence-corrected chi connectivity index (χ4v) is 1.94. The predicted octanol–water partition coefficient (Wildman–Crippen LogP) is 3.03. The zero-order chi connectivity index (χ0) is 11.0. The highest BCUT2D eigenvalue weighted by molar-refractivity contribution is 5.50. The summed E-state index contributed by atoms with van der Waals surface area (Å²) < 4.78 is 24.0. The Bertz CT molecular complexity index is 384. The van der Waals surface area contributed by atoms with E-state index in [0.717, 1.165) is 24.2 Å². The molecular formula is C12H15FO2. The van der Waals surface area contributed by atoms with Crippen LogP contribution in [0.2, 0.25) is 0 Å². The van der Waals surface area contributed by atoms with Crippen LogP contribution in [0.25, 0.3) is 0 Å². The fourth-order valence-electron chi connectivity index (χ4n) is 1.94. The average molecular weight is 210 g/mol. The van der Waals surface area contributed by atoms with Gasteiger partial charge in [0.25, 0.3) is 0 Å². The Morgan fingerprint density at radius 3 is 2.27 bits per heavy atom. The molecule has 2 rings (SSSR count). The third kappa shape index (κ3) is 1.66. The molecule has 2 nitrogen and oxygen atoms in total. The van der Waals surface area contributed by atoms with Gasteiger partial charge in [0.1, 0.15) is 5.75 Å². The van der Waals surface area contributed by atoms with Gasteiger partial charge in [0.2, 0.25) is 0 Å². The first kappa shape index (κ1) is 10.3. The summed E-state index contributed by atoms with van der Waals surface area (Å²) in [6, 6.07) is 1.63. The maximum absolute atomic E-state index is 13.8. The Morgan fingerprint density at radius 2 is 1.80 bits per heavy atom. The molecule has 0 N–H and O–H groups in total. The monoisotopic (exact) mass is 210 g/mol. The lowest BCUT2D eigenvalue weighted by Crippen LogP contribution is -2.00. The minimum absolute atomic E-state index is 0.258. The summed E-state index contributed by atoms with van der Waals surface area (Å²) in [5, 5.41) is 0. The SMILES string of the molecule is COc1cc(OC)c(C2CC2)c(C)c1F. The molecule has 1 fully saturated rings. The van der Waals surface area contributed by atoms with E-state index in [2.05, 4.69) is 0 Å². The van der Waals surface area contributed by atoms with Gasteiger partial charge in [0.05, 0.1) is 14.2 Å². The van der Waals surface area contributed by atoms with Gasteiger partial charge in [-0.1, -0.05) is 0 Å². The number of benzene rings is 1. The van der Waals surface area contributed by atoms with Gasteiger partial charge in [-0.15, -0.1) is 0 Å². The lowest BCUT2D eigenvalue weighted by molar-refractivity contribution is 0.369. The Balaban J connectivity index is 2.56. The summed E-state index contributed by atoms with van der Waals surface area (Å²) in [6.07, 6.45) is 2.26. The van der Waals surface area contributed by atoms with E-state index in [1.54, 1.807) is 20.1 Å². The van der Waals surface area contributed by atoms with Gasteiger partial charge in [-0.05, 0) is 31.2 Å². The number of methoxy groups -OCH3 is 2. The first-order chi connectivity index (χ1) is 7.19. The third-order valence-electron chi connectivity index (χ3n) is 2.90. The largest absolute Gasteiger partial charge is 0.496 e. The van der Waals surface area contributed by atoms with Crippen LogP contribution in [0, 0.1) is 12.7 Å². The molecule has 0 aliphatic heterocycles. The molecule has 15 heavy (non-hydrogen) atoms. The standard InChI is InChI=1S/C12H15FO2/c1-7-11(8-4-5-8)9(14-2)6-10(15-3)12(7)13/h6,8H,4-5H2,1-3H3. The van der Waals surface area contributed by atoms with E-state index in [4.69, 9.17) is 9.47 Å². The molecule has 1 aliphatic carbocycles. The first-order valence-electron chi connectivity index (χ1n) is 5.10. The lowest BCUT2D eigenvalue weighted by Gasteiger charge is -2.14. The van der Waals surface area contributed by atoms with Crippen LogP contribution in [0.5, 0.6) is 11.5 Å². The second-order valence-corrected chi connectivity index (χ2v) is 3.91. The van der Waals surface area contributed by atoms with E-state index in [0.29, 0.717) is 11.5 Å². The summed E-state index contributed by atoms with van der Waals surface area (Å²) in [5.74, 6) is 1.21. The second kappa shape index (κ2) is 3.72. The van der Waals surface area contributed by atoms with E-state index in [1.807, 2.05) is 0 Å². The highest BCUT2D eigenvalue weighted by Crippen LogP contribution is 2.47. The Labute approximate surface area is 89.0 Å². The maximum atomic E-state index is 13.8. The molecule has 3 heteroatoms. The Morgan fingerprint density at radius 1 is 1.20 bits per heavy atom. The Kier molecular flexibility index (Phi) is 2.55. The van der Waals surface area contributed by atoms with Crippen LogP contribution in [0.4, 0.5) is 4.39 Å². The zero-order valence-electron chi connectivity index (χ0n) is 9.26. The number of hydrogen-bond donors (Lipinski definition) is 0. The zero-order valence-corrected chi connectivity index (χ0v) is 9.26. The van der Waals surface area contributed by atoms with Gasteiger partial charge < -0.3 is 9.47 Å². The van der Waals surface area contributed by atoms with Crippen molar-refractivity contribution in [2.75, 3.05) is 14.2 Å². The third-order valence-corrected chi connectivity index (χ3v) is 2.90. The number of rotatable bonds is 3. The predicted molar refractivity (Wildman–Crippen MR) is 56.2 cm³/mol. The van der Waals surface area contributed by atoms with Crippen LogP contribution in [0.15, 0.2) is 6.07 Å². The molecule has 0 saturated heterocycles. The van der Waals surface area contributed by atoms with E-state index < -0.39 is 0 Å². The minimum Gasteiger partial charge on any atom is -0.496 e. The van der Waals surface area contributed by atoms with Gasteiger partial charge in [0, 0.05) is 11.6 Å². The molecule has 1 aliphatic rings. The van der Waals surface area contributed by atoms with Gasteiger partial charge in [-0.2, -0.15) is 0 Å². The summed E-state index contributed by atoms with van der Waals surface area (Å²) in [4.78, 5) is 0. The number of ether oxygens (including phenoxy) is 2. The van der Waals surface area contributed by atoms with Crippen molar-refractivity contribution < 1.29 is 13.9 Å². The molecule has 82 valence electrons. The normalized spacial score (nSPS) is 15.2. The molecule has 1 aromatic rings. The highest BCUT2D eigenvalue weighted by atomic mass is 19.1. The second-order valence-electron chi connectivity index (χ2n) is 3.91. The van der Waals surface area contributed by atoms with Crippen molar-refractivity contribution in [2.45, 2.75) is 25.7 Å². The van der Waals surface area contributed by atoms with E-state index in [1.165, 1.54) is 7.11 Å². The number of halogens is 1. The van der Waals surface area contributed by atoms with Crippen LogP contribution in [0.1, 0.15) is 29.9 Å². The van der Waals surface area contributed by atoms with Crippen LogP contribution in [-0.4, -0.2) is 14.2 Å². The highest BCUT2D eigenvalue weighted by Gasteiger charge is 2.30. The van der Waals surface area contributed by atoms with Crippen molar-refractivity contribution in [1.29, 1.82) is 0 Å². The molecular weight excluding hydrogens is 195 g/mol. The maximum Gasteiger partial charge on any atom is 0.168 e. The molecule has 0 radical (unpaired) electrons. The van der Waals surface area contributed by atoms with Gasteiger partial charge in [-0.3, -0.25) is 0 Å². The molecule has 1 saturated carbocycles. The van der Waals surface area contributed by atoms with Crippen LogP contribution < -0.4 is 9.47 Å². The molecule has 0 unspecified atom stereocenters. The summed E-state index contributed by atoms with van der Waals surface area (Å²) in [7, 11) is 3.08. The van der Waals surface area contributed by atoms with E-state index in [-0.39, 0.29) is 11.6 Å². The molecule has 1 aromatic carbocycles. The van der Waals surface area contributed by atoms with Crippen LogP contribution in [-0.2, 0) is 0 Å². The minimum atomic E-state index is -0.264. The van der Waals surface area contributed by atoms with Gasteiger partial charge >= 0.3 is 0 Å².